The molecule has 150 heavy (non-hydrogen) atoms. The first-order valence-corrected chi connectivity index (χ1v) is 47.4. The Hall–Kier alpha value is -14.5. The second-order valence-corrected chi connectivity index (χ2v) is 36.1. The molecular formula is C110H107BBrClF8LiN7O21. The smallest absolute Gasteiger partial charge is 0.870 e. The number of hydrogen-bond donors (Lipinski definition) is 4. The van der Waals surface area contributed by atoms with Crippen LogP contribution in [0.25, 0.3) is 77.3 Å². The molecule has 16 aromatic rings. The number of pyridine rings is 4. The van der Waals surface area contributed by atoms with E-state index >= 15 is 13.2 Å². The van der Waals surface area contributed by atoms with Gasteiger partial charge in [-0.2, -0.15) is 0 Å². The summed E-state index contributed by atoms with van der Waals surface area (Å²) in [5, 5.41) is 12.9. The van der Waals surface area contributed by atoms with E-state index in [4.69, 9.17) is 81.4 Å². The number of carbonyl (C=O) groups is 5. The van der Waals surface area contributed by atoms with Gasteiger partial charge in [0.2, 0.25) is 0 Å². The van der Waals surface area contributed by atoms with Crippen LogP contribution in [0, 0.1) is 46.5 Å². The van der Waals surface area contributed by atoms with Gasteiger partial charge >= 0.3 is 55.9 Å². The number of nitrogens with two attached hydrogens (primary N) is 2. The van der Waals surface area contributed by atoms with Crippen molar-refractivity contribution in [3.05, 3.63) is 338 Å². The average Bonchev–Trinajstić information content (AvgIpc) is 1.38. The Kier molecular flexibility index (Phi) is 42.0. The molecule has 1 aliphatic rings. The van der Waals surface area contributed by atoms with Crippen LogP contribution in [-0.4, -0.2) is 104 Å². The van der Waals surface area contributed by atoms with Crippen LogP contribution in [0.15, 0.2) is 242 Å². The molecule has 1 aliphatic heterocycles. The standard InChI is InChI=1S/C30H30F2N2O6.C25H22F2N2O4.C23H18F2N2O4.C19H15BrF2O4.C13H20BNO2.ClH.Li.H2O/c1-5-37-26(35)14-19-6-7-21(31)15-25(19)39-17-20-13-24(28-23(27(20)32)9-11-38-28)18-8-10-33-22(12-18)16-34-29(36)40-30(2,3)4;1-2-31-23(30)11-16-3-4-18(26)12-22(16)33-14-17-10-21(15-5-7-29-19(9-15)13-28)25-20(24(17)27)6-8-32-25;24-16-2-1-14(9-21(28)29)20(10-16)31-12-15-8-19(13-3-5-27-17(7-13)11-26)23-18(22(15)25)4-6-30-23;1-2-24-17(23)8-11-3-4-13(21)9-16(11)26-10-12-7-15(20)19-14(18(12)22)5-6-25-19;1-6-11-9-10(7-8-15-11)14-16-12(2,3)13(4,5)17-14;;;/h6-13,15H,5,14,16-17H2,1-4H3,(H,34,36);3-10,12H,2,11,13-14,28H2,1H3;1-8,10H,9,11-12,26H2,(H,28,29);3-7,9H,2,8,10H2,1H3;7-9H,6H2,1-5H3;1H;;1H2/q;;;;;;+1;/p-1. The monoisotopic (exact) mass is 2150 g/mol. The van der Waals surface area contributed by atoms with Crippen LogP contribution in [0.2, 0.25) is 0 Å². The Morgan fingerprint density at radius 3 is 1.06 bits per heavy atom. The first kappa shape index (κ1) is 117. The van der Waals surface area contributed by atoms with Gasteiger partial charge < -0.3 is 92.2 Å². The maximum atomic E-state index is 15.5. The molecule has 8 aromatic heterocycles. The van der Waals surface area contributed by atoms with Crippen LogP contribution in [0.5, 0.6) is 23.0 Å². The van der Waals surface area contributed by atoms with Crippen LogP contribution in [0.1, 0.15) is 143 Å². The third kappa shape index (κ3) is 30.5. The third-order valence-electron chi connectivity index (χ3n) is 23.2. The number of ether oxygens (including phenoxy) is 8. The first-order chi connectivity index (χ1) is 70.3. The Bertz CT molecular complexity index is 7420. The number of amides is 1. The summed E-state index contributed by atoms with van der Waals surface area (Å²) in [7, 11) is -0.284. The summed E-state index contributed by atoms with van der Waals surface area (Å²) in [5.41, 5.74) is 22.3. The number of rotatable bonds is 32. The van der Waals surface area contributed by atoms with Crippen LogP contribution in [0.4, 0.5) is 39.9 Å². The fraction of sp³-hybridized carbons (Fsp3) is 0.264. The predicted molar refractivity (Wildman–Crippen MR) is 545 cm³/mol. The largest absolute Gasteiger partial charge is 1.00 e. The minimum atomic E-state index is -1.09. The van der Waals surface area contributed by atoms with Crippen LogP contribution >= 0.6 is 28.3 Å². The van der Waals surface area contributed by atoms with Crippen molar-refractivity contribution < 1.29 is 153 Å². The molecule has 8 aromatic carbocycles. The van der Waals surface area contributed by atoms with Crippen LogP contribution < -0.4 is 60.1 Å². The molecule has 9 heterocycles. The summed E-state index contributed by atoms with van der Waals surface area (Å²) in [6.45, 7) is 21.3. The molecule has 28 nitrogen and oxygen atoms in total. The zero-order valence-corrected chi connectivity index (χ0v) is 86.3. The molecule has 0 radical (unpaired) electrons. The van der Waals surface area contributed by atoms with Gasteiger partial charge in [-0.25, -0.2) is 39.9 Å². The quantitative estimate of drug-likeness (QED) is 0.0132. The van der Waals surface area contributed by atoms with Gasteiger partial charge in [0.25, 0.3) is 0 Å². The Morgan fingerprint density at radius 2 is 0.727 bits per heavy atom. The molecule has 0 atom stereocenters. The number of aryl methyl sites for hydroxylation is 1. The minimum Gasteiger partial charge on any atom is -0.870 e. The van der Waals surface area contributed by atoms with Crippen molar-refractivity contribution in [1.82, 2.24) is 25.3 Å². The third-order valence-corrected chi connectivity index (χ3v) is 23.8. The van der Waals surface area contributed by atoms with Gasteiger partial charge in [0.05, 0.1) is 131 Å². The maximum absolute atomic E-state index is 15.5. The van der Waals surface area contributed by atoms with Crippen LogP contribution in [0.3, 0.4) is 0 Å². The number of aromatic nitrogens is 4. The SMILES string of the molecule is CCOC(=O)Cc1ccc(F)cc1OCc1cc(-c2ccnc(CN)c2)c2occc2c1F.CCOC(=O)Cc1ccc(F)cc1OCc1cc(-c2ccnc(CNC(=O)OC(C)(C)C)c2)c2occc2c1F.CCOC(=O)Cc1ccc(F)cc1OCc1cc(Br)c2occc2c1F.CCc1cc(B2OC(C)(C)C(C)(C)O2)ccn1.Cl.NCc1cc(-c2cc(COc3cc(F)ccc3CC(=O)O)c(F)c3ccoc23)ccn1.[Li+].[OH-]. The van der Waals surface area contributed by atoms with E-state index in [1.807, 2.05) is 18.3 Å². The second-order valence-electron chi connectivity index (χ2n) is 35.2. The summed E-state index contributed by atoms with van der Waals surface area (Å²) in [6, 6.07) is 42.2. The van der Waals surface area contributed by atoms with E-state index < -0.39 is 82.1 Å². The molecule has 7 N–H and O–H groups in total. The van der Waals surface area contributed by atoms with Gasteiger partial charge in [0.1, 0.15) is 118 Å². The molecule has 1 fully saturated rings. The summed E-state index contributed by atoms with van der Waals surface area (Å²) in [6.07, 6.45) is 12.0. The Labute approximate surface area is 884 Å². The Morgan fingerprint density at radius 1 is 0.413 bits per heavy atom. The minimum absolute atomic E-state index is 0. The van der Waals surface area contributed by atoms with Crippen molar-refractivity contribution in [3.63, 3.8) is 0 Å². The second kappa shape index (κ2) is 53.6. The molecule has 1 saturated heterocycles. The van der Waals surface area contributed by atoms with Crippen molar-refractivity contribution in [2.75, 3.05) is 19.8 Å². The zero-order chi connectivity index (χ0) is 106. The summed E-state index contributed by atoms with van der Waals surface area (Å²) >= 11 is 3.33. The van der Waals surface area contributed by atoms with Gasteiger partial charge in [-0.05, 0) is 235 Å². The van der Waals surface area contributed by atoms with Gasteiger partial charge in [0.15, 0.2) is 5.58 Å². The van der Waals surface area contributed by atoms with Gasteiger partial charge in [-0.1, -0.05) is 31.2 Å². The topological polar surface area (TPSA) is 396 Å². The average molecular weight is 2150 g/mol. The van der Waals surface area contributed by atoms with E-state index in [2.05, 4.69) is 81.9 Å². The van der Waals surface area contributed by atoms with Gasteiger partial charge in [-0.3, -0.25) is 39.1 Å². The van der Waals surface area contributed by atoms with Crippen molar-refractivity contribution in [1.29, 1.82) is 0 Å². The zero-order valence-electron chi connectivity index (χ0n) is 83.9. The van der Waals surface area contributed by atoms with E-state index in [0.29, 0.717) is 99.2 Å². The fourth-order valence-corrected chi connectivity index (χ4v) is 15.9. The molecule has 1 amide bonds. The fourth-order valence-electron chi connectivity index (χ4n) is 15.4. The van der Waals surface area contributed by atoms with E-state index in [9.17, 15) is 45.9 Å². The number of nitrogens with one attached hydrogen (secondary N) is 1. The molecule has 40 heteroatoms. The summed E-state index contributed by atoms with van der Waals surface area (Å²) < 4.78 is 193. The van der Waals surface area contributed by atoms with E-state index in [1.54, 1.807) is 115 Å². The number of carboxylic acid groups (broad SMARTS) is 1. The van der Waals surface area contributed by atoms with Crippen molar-refractivity contribution >= 4 is 115 Å². The van der Waals surface area contributed by atoms with E-state index in [1.165, 1.54) is 97.8 Å². The Balaban J connectivity index is 0.000000194. The molecule has 0 bridgehead atoms. The van der Waals surface area contributed by atoms with Crippen molar-refractivity contribution in [2.45, 2.75) is 171 Å². The number of furan rings is 4. The molecule has 782 valence electrons. The molecular weight excluding hydrogens is 2040 g/mol. The molecule has 0 spiro atoms. The van der Waals surface area contributed by atoms with Crippen molar-refractivity contribution in [2.24, 2.45) is 11.5 Å². The predicted octanol–water partition coefficient (Wildman–Crippen LogP) is 20.2. The number of carbonyl (C=O) groups excluding carboxylic acids is 4. The molecule has 17 rings (SSSR count). The number of alkyl carbamates (subject to hydrolysis) is 1. The number of halogens is 10. The number of aliphatic carboxylic acids is 1. The summed E-state index contributed by atoms with van der Waals surface area (Å²) in [4.78, 5) is 75.7. The summed E-state index contributed by atoms with van der Waals surface area (Å²) in [5.74, 6) is -6.24. The molecule has 0 unspecified atom stereocenters. The number of esters is 3. The van der Waals surface area contributed by atoms with Crippen molar-refractivity contribution in [3.8, 4) is 56.4 Å². The number of nitrogens with zero attached hydrogens (tertiary/aromatic N) is 4. The van der Waals surface area contributed by atoms with E-state index in [-0.39, 0.29) is 203 Å². The van der Waals surface area contributed by atoms with Gasteiger partial charge in [-0.15, -0.1) is 12.4 Å². The molecule has 0 aliphatic carbocycles. The number of hydrogen-bond acceptors (Lipinski definition) is 26. The number of carboxylic acids is 1. The van der Waals surface area contributed by atoms with Gasteiger partial charge in [0, 0.05) is 129 Å². The number of fused-ring (bicyclic) bond motifs is 4. The normalized spacial score (nSPS) is 12.1. The van der Waals surface area contributed by atoms with E-state index in [0.717, 1.165) is 53.0 Å². The maximum Gasteiger partial charge on any atom is 1.00 e. The first-order valence-electron chi connectivity index (χ1n) is 46.6. The van der Waals surface area contributed by atoms with Crippen LogP contribution in [-0.2, 0) is 126 Å². The number of benzene rings is 8. The molecule has 0 saturated carbocycles.